The lowest BCUT2D eigenvalue weighted by molar-refractivity contribution is -0.113. The summed E-state index contributed by atoms with van der Waals surface area (Å²) in [7, 11) is 0. The van der Waals surface area contributed by atoms with Gasteiger partial charge in [-0.25, -0.2) is 9.97 Å². The molecule has 0 bridgehead atoms. The lowest BCUT2D eigenvalue weighted by atomic mass is 10.3. The van der Waals surface area contributed by atoms with Crippen LogP contribution in [0.5, 0.6) is 5.75 Å². The van der Waals surface area contributed by atoms with Gasteiger partial charge in [0.05, 0.1) is 16.0 Å². The highest BCUT2D eigenvalue weighted by atomic mass is 79.9. The van der Waals surface area contributed by atoms with Crippen molar-refractivity contribution in [2.24, 2.45) is 0 Å². The number of aromatic amines is 1. The van der Waals surface area contributed by atoms with Crippen molar-refractivity contribution in [3.05, 3.63) is 39.1 Å². The first-order valence-electron chi connectivity index (χ1n) is 7.19. The molecule has 0 aliphatic rings. The Hall–Kier alpha value is -1.95. The zero-order chi connectivity index (χ0) is 18.3. The predicted molar refractivity (Wildman–Crippen MR) is 109 cm³/mol. The Morgan fingerprint density at radius 3 is 3.00 bits per heavy atom. The molecule has 4 rings (SSSR count). The van der Waals surface area contributed by atoms with Gasteiger partial charge in [0.25, 0.3) is 5.56 Å². The van der Waals surface area contributed by atoms with Crippen molar-refractivity contribution in [1.82, 2.24) is 15.0 Å². The molecule has 11 heteroatoms. The Morgan fingerprint density at radius 1 is 1.31 bits per heavy atom. The fraction of sp³-hybridized carbons (Fsp3) is 0.0667. The van der Waals surface area contributed by atoms with Crippen LogP contribution in [0, 0.1) is 0 Å². The number of benzene rings is 1. The zero-order valence-corrected chi connectivity index (χ0v) is 16.8. The smallest absolute Gasteiger partial charge is 0.253 e. The number of rotatable bonds is 4. The molecule has 0 saturated carbocycles. The third-order valence-electron chi connectivity index (χ3n) is 3.27. The number of aromatic nitrogens is 3. The molecular weight excluding hydrogens is 460 g/mol. The molecule has 0 atom stereocenters. The summed E-state index contributed by atoms with van der Waals surface area (Å²) in [5.41, 5.74) is 0.725. The number of carbonyl (C=O) groups excluding carboxylic acids is 1. The Morgan fingerprint density at radius 2 is 2.15 bits per heavy atom. The fourth-order valence-electron chi connectivity index (χ4n) is 2.20. The second kappa shape index (κ2) is 6.99. The maximum absolute atomic E-state index is 12.2. The molecule has 1 amide bonds. The molecule has 0 saturated heterocycles. The van der Waals surface area contributed by atoms with Crippen molar-refractivity contribution < 1.29 is 9.90 Å². The van der Waals surface area contributed by atoms with Gasteiger partial charge in [0, 0.05) is 10.5 Å². The van der Waals surface area contributed by atoms with Crippen LogP contribution in [0.15, 0.2) is 37.9 Å². The van der Waals surface area contributed by atoms with Gasteiger partial charge in [-0.3, -0.25) is 9.59 Å². The molecule has 3 N–H and O–H groups in total. The Labute approximate surface area is 166 Å². The van der Waals surface area contributed by atoms with Crippen LogP contribution in [0.1, 0.15) is 0 Å². The molecule has 0 radical (unpaired) electrons. The summed E-state index contributed by atoms with van der Waals surface area (Å²) in [4.78, 5) is 34.7. The summed E-state index contributed by atoms with van der Waals surface area (Å²) in [5.74, 6) is -0.173. The van der Waals surface area contributed by atoms with E-state index in [0.29, 0.717) is 19.8 Å². The summed E-state index contributed by atoms with van der Waals surface area (Å²) in [6.07, 6.45) is 0. The van der Waals surface area contributed by atoms with E-state index in [-0.39, 0.29) is 17.4 Å². The first-order chi connectivity index (χ1) is 12.5. The van der Waals surface area contributed by atoms with Crippen LogP contribution >= 0.6 is 50.4 Å². The van der Waals surface area contributed by atoms with Crippen LogP contribution in [-0.4, -0.2) is 31.7 Å². The van der Waals surface area contributed by atoms with Crippen LogP contribution in [0.2, 0.25) is 0 Å². The molecule has 4 aromatic rings. The normalized spacial score (nSPS) is 11.3. The first-order valence-corrected chi connectivity index (χ1v) is 10.6. The van der Waals surface area contributed by atoms with Crippen LogP contribution < -0.4 is 10.9 Å². The number of thiazole rings is 2. The van der Waals surface area contributed by atoms with Crippen LogP contribution in [-0.2, 0) is 4.79 Å². The number of halogens is 1. The number of aromatic hydroxyl groups is 1. The Kier molecular flexibility index (Phi) is 4.69. The summed E-state index contributed by atoms with van der Waals surface area (Å²) in [6, 6.07) is 6.84. The monoisotopic (exact) mass is 468 g/mol. The van der Waals surface area contributed by atoms with E-state index >= 15 is 0 Å². The highest BCUT2D eigenvalue weighted by Crippen LogP contribution is 2.33. The molecule has 1 aromatic carbocycles. The van der Waals surface area contributed by atoms with Gasteiger partial charge in [-0.15, -0.1) is 11.3 Å². The molecule has 26 heavy (non-hydrogen) atoms. The van der Waals surface area contributed by atoms with E-state index in [1.165, 1.54) is 34.4 Å². The Bertz CT molecular complexity index is 1200. The van der Waals surface area contributed by atoms with Crippen LogP contribution in [0.25, 0.3) is 20.6 Å². The van der Waals surface area contributed by atoms with Gasteiger partial charge in [0.2, 0.25) is 5.91 Å². The van der Waals surface area contributed by atoms with E-state index in [2.05, 4.69) is 36.2 Å². The molecule has 132 valence electrons. The minimum atomic E-state index is -0.419. The topological polar surface area (TPSA) is 108 Å². The quantitative estimate of drug-likeness (QED) is 0.393. The number of nitrogens with zero attached hydrogens (tertiary/aromatic N) is 2. The highest BCUT2D eigenvalue weighted by molar-refractivity contribution is 9.10. The first kappa shape index (κ1) is 17.5. The maximum Gasteiger partial charge on any atom is 0.253 e. The van der Waals surface area contributed by atoms with Crippen molar-refractivity contribution in [3.63, 3.8) is 0 Å². The van der Waals surface area contributed by atoms with Crippen molar-refractivity contribution in [2.45, 2.75) is 4.34 Å². The molecule has 0 fully saturated rings. The van der Waals surface area contributed by atoms with E-state index in [4.69, 9.17) is 0 Å². The number of carbonyl (C=O) groups is 1. The number of hydrogen-bond donors (Lipinski definition) is 3. The molecule has 0 aliphatic heterocycles. The van der Waals surface area contributed by atoms with Gasteiger partial charge in [-0.05, 0) is 18.2 Å². The van der Waals surface area contributed by atoms with Crippen molar-refractivity contribution in [3.8, 4) is 5.75 Å². The number of pyridine rings is 1. The lowest BCUT2D eigenvalue weighted by Gasteiger charge is -1.99. The standard InChI is InChI=1S/C15H9BrN4O3S3/c16-6-1-2-7-9(3-6)25-14(17-7)19-11(23)5-24-15-20-13-12(26-15)8(21)4-10(22)18-13/h1-4H,5H2,(H,17,19,23)(H2,18,21,22). The summed E-state index contributed by atoms with van der Waals surface area (Å²) < 4.78 is 3.01. The SMILES string of the molecule is O=C(CSc1nc2[nH]c(=O)cc(O)c2s1)Nc1nc2ccc(Br)cc2s1. The summed E-state index contributed by atoms with van der Waals surface area (Å²) in [6.45, 7) is 0. The van der Waals surface area contributed by atoms with E-state index in [9.17, 15) is 14.7 Å². The largest absolute Gasteiger partial charge is 0.506 e. The average Bonchev–Trinajstić information content (AvgIpc) is 3.15. The summed E-state index contributed by atoms with van der Waals surface area (Å²) in [5, 5.41) is 13.1. The average molecular weight is 469 g/mol. The van der Waals surface area contributed by atoms with Crippen molar-refractivity contribution in [2.75, 3.05) is 11.1 Å². The third-order valence-corrected chi connectivity index (χ3v) is 6.92. The number of fused-ring (bicyclic) bond motifs is 2. The van der Waals surface area contributed by atoms with Gasteiger partial charge in [0.15, 0.2) is 15.1 Å². The number of anilines is 1. The summed E-state index contributed by atoms with van der Waals surface area (Å²) >= 11 is 7.26. The number of thioether (sulfide) groups is 1. The number of H-pyrrole nitrogens is 1. The number of nitrogens with one attached hydrogen (secondary N) is 2. The molecule has 7 nitrogen and oxygen atoms in total. The van der Waals surface area contributed by atoms with Gasteiger partial charge in [0.1, 0.15) is 10.4 Å². The zero-order valence-electron chi connectivity index (χ0n) is 12.8. The predicted octanol–water partition coefficient (Wildman–Crippen LogP) is 3.79. The minimum absolute atomic E-state index is 0.113. The molecular formula is C15H9BrN4O3S3. The van der Waals surface area contributed by atoms with Crippen LogP contribution in [0.4, 0.5) is 5.13 Å². The maximum atomic E-state index is 12.2. The second-order valence-electron chi connectivity index (χ2n) is 5.14. The van der Waals surface area contributed by atoms with Crippen LogP contribution in [0.3, 0.4) is 0 Å². The molecule has 0 aliphatic carbocycles. The van der Waals surface area contributed by atoms with Crippen molar-refractivity contribution >= 4 is 82.0 Å². The molecule has 3 heterocycles. The molecule has 0 spiro atoms. The number of hydrogen-bond acceptors (Lipinski definition) is 8. The highest BCUT2D eigenvalue weighted by Gasteiger charge is 2.13. The van der Waals surface area contributed by atoms with E-state index in [1.54, 1.807) is 0 Å². The second-order valence-corrected chi connectivity index (χ2v) is 9.31. The third kappa shape index (κ3) is 3.61. The minimum Gasteiger partial charge on any atom is -0.506 e. The number of amides is 1. The fourth-order valence-corrected chi connectivity index (χ4v) is 5.45. The van der Waals surface area contributed by atoms with Gasteiger partial charge in [-0.1, -0.05) is 39.0 Å². The van der Waals surface area contributed by atoms with E-state index in [0.717, 1.165) is 20.8 Å². The molecule has 0 unspecified atom stereocenters. The Balaban J connectivity index is 1.44. The van der Waals surface area contributed by atoms with Gasteiger partial charge < -0.3 is 15.4 Å². The lowest BCUT2D eigenvalue weighted by Crippen LogP contribution is -2.13. The van der Waals surface area contributed by atoms with E-state index < -0.39 is 5.56 Å². The van der Waals surface area contributed by atoms with Gasteiger partial charge >= 0.3 is 0 Å². The molecule has 3 aromatic heterocycles. The van der Waals surface area contributed by atoms with E-state index in [1.807, 2.05) is 18.2 Å². The van der Waals surface area contributed by atoms with Crippen molar-refractivity contribution in [1.29, 1.82) is 0 Å². The van der Waals surface area contributed by atoms with Gasteiger partial charge in [-0.2, -0.15) is 0 Å².